The predicted molar refractivity (Wildman–Crippen MR) is 120 cm³/mol. The molecule has 31 heavy (non-hydrogen) atoms. The second-order valence-electron chi connectivity index (χ2n) is 7.77. The van der Waals surface area contributed by atoms with Crippen LogP contribution in [0.1, 0.15) is 33.8 Å². The fourth-order valence-electron chi connectivity index (χ4n) is 3.73. The van der Waals surface area contributed by atoms with Gasteiger partial charge in [-0.25, -0.2) is 0 Å². The molecular formula is C25H25N3O3. The van der Waals surface area contributed by atoms with Crippen LogP contribution in [0.3, 0.4) is 0 Å². The van der Waals surface area contributed by atoms with Gasteiger partial charge in [-0.2, -0.15) is 0 Å². The number of nitrogens with one attached hydrogen (secondary N) is 1. The van der Waals surface area contributed by atoms with Crippen LogP contribution in [0.5, 0.6) is 5.75 Å². The van der Waals surface area contributed by atoms with Gasteiger partial charge in [0.15, 0.2) is 0 Å². The number of rotatable bonds is 9. The van der Waals surface area contributed by atoms with Gasteiger partial charge in [0.05, 0.1) is 6.54 Å². The number of primary amides is 2. The summed E-state index contributed by atoms with van der Waals surface area (Å²) in [5, 5.41) is 3.18. The second kappa shape index (κ2) is 9.02. The minimum Gasteiger partial charge on any atom is -0.488 e. The lowest BCUT2D eigenvalue weighted by atomic mass is 9.98. The van der Waals surface area contributed by atoms with Crippen molar-refractivity contribution in [2.75, 3.05) is 6.54 Å². The topological polar surface area (TPSA) is 107 Å². The van der Waals surface area contributed by atoms with Crippen molar-refractivity contribution in [3.8, 4) is 16.9 Å². The van der Waals surface area contributed by atoms with Gasteiger partial charge in [-0.15, -0.1) is 0 Å². The van der Waals surface area contributed by atoms with Crippen molar-refractivity contribution in [1.82, 2.24) is 5.32 Å². The summed E-state index contributed by atoms with van der Waals surface area (Å²) in [6.45, 7) is 0.613. The van der Waals surface area contributed by atoms with Gasteiger partial charge in [-0.3, -0.25) is 9.59 Å². The number of amides is 2. The van der Waals surface area contributed by atoms with Crippen molar-refractivity contribution < 1.29 is 14.3 Å². The van der Waals surface area contributed by atoms with Crippen LogP contribution < -0.4 is 21.5 Å². The molecule has 6 heteroatoms. The van der Waals surface area contributed by atoms with Crippen LogP contribution in [-0.4, -0.2) is 24.4 Å². The molecule has 158 valence electrons. The monoisotopic (exact) mass is 415 g/mol. The molecule has 1 fully saturated rings. The molecule has 6 nitrogen and oxygen atoms in total. The first-order chi connectivity index (χ1) is 15.0. The van der Waals surface area contributed by atoms with E-state index in [1.54, 1.807) is 12.1 Å². The highest BCUT2D eigenvalue weighted by molar-refractivity contribution is 5.94. The fraction of sp³-hybridized carbons (Fsp3) is 0.200. The summed E-state index contributed by atoms with van der Waals surface area (Å²) in [5.74, 6) is 0.207. The van der Waals surface area contributed by atoms with Crippen molar-refractivity contribution in [3.63, 3.8) is 0 Å². The molecular weight excluding hydrogens is 390 g/mol. The lowest BCUT2D eigenvalue weighted by Gasteiger charge is -2.15. The van der Waals surface area contributed by atoms with E-state index in [2.05, 4.69) is 17.4 Å². The van der Waals surface area contributed by atoms with E-state index in [1.165, 1.54) is 0 Å². The zero-order valence-electron chi connectivity index (χ0n) is 17.1. The highest BCUT2D eigenvalue weighted by Gasteiger charge is 2.38. The lowest BCUT2D eigenvalue weighted by molar-refractivity contribution is -0.117. The molecule has 0 spiro atoms. The SMILES string of the molecule is NC(=O)CN[C@H]1CC1c1ccc(OCc2ccccc2)c(-c2cccc(C(N)=O)c2)c1. The molecule has 3 aromatic carbocycles. The Kier molecular flexibility index (Phi) is 6.00. The van der Waals surface area contributed by atoms with Crippen LogP contribution in [-0.2, 0) is 11.4 Å². The van der Waals surface area contributed by atoms with Crippen LogP contribution in [0, 0.1) is 0 Å². The van der Waals surface area contributed by atoms with Crippen molar-refractivity contribution in [1.29, 1.82) is 0 Å². The highest BCUT2D eigenvalue weighted by Crippen LogP contribution is 2.43. The van der Waals surface area contributed by atoms with E-state index in [4.69, 9.17) is 16.2 Å². The summed E-state index contributed by atoms with van der Waals surface area (Å²) in [4.78, 5) is 22.7. The number of hydrogen-bond donors (Lipinski definition) is 3. The van der Waals surface area contributed by atoms with E-state index in [-0.39, 0.29) is 18.5 Å². The van der Waals surface area contributed by atoms with E-state index in [9.17, 15) is 9.59 Å². The smallest absolute Gasteiger partial charge is 0.248 e. The summed E-state index contributed by atoms with van der Waals surface area (Å²) in [6, 6.07) is 23.5. The summed E-state index contributed by atoms with van der Waals surface area (Å²) >= 11 is 0. The van der Waals surface area contributed by atoms with Crippen molar-refractivity contribution >= 4 is 11.8 Å². The third-order valence-corrected chi connectivity index (χ3v) is 5.46. The third kappa shape index (κ3) is 5.10. The van der Waals surface area contributed by atoms with Gasteiger partial charge in [0.2, 0.25) is 11.8 Å². The van der Waals surface area contributed by atoms with Gasteiger partial charge in [-0.1, -0.05) is 48.5 Å². The average molecular weight is 415 g/mol. The van der Waals surface area contributed by atoms with Crippen molar-refractivity contribution in [2.24, 2.45) is 11.5 Å². The maximum absolute atomic E-state index is 11.7. The Labute approximate surface area is 181 Å². The number of carbonyl (C=O) groups is 2. The first-order valence-electron chi connectivity index (χ1n) is 10.2. The zero-order chi connectivity index (χ0) is 21.8. The Hall–Kier alpha value is -3.64. The Morgan fingerprint density at radius 3 is 2.52 bits per heavy atom. The summed E-state index contributed by atoms with van der Waals surface area (Å²) < 4.78 is 6.15. The summed E-state index contributed by atoms with van der Waals surface area (Å²) in [7, 11) is 0. The molecule has 1 aliphatic carbocycles. The molecule has 0 radical (unpaired) electrons. The van der Waals surface area contributed by atoms with Gasteiger partial charge in [0.1, 0.15) is 12.4 Å². The van der Waals surface area contributed by atoms with Crippen LogP contribution >= 0.6 is 0 Å². The van der Waals surface area contributed by atoms with Gasteiger partial charge < -0.3 is 21.5 Å². The number of ether oxygens (including phenoxy) is 1. The molecule has 2 atom stereocenters. The fourth-order valence-corrected chi connectivity index (χ4v) is 3.73. The molecule has 1 unspecified atom stereocenters. The minimum atomic E-state index is -0.470. The second-order valence-corrected chi connectivity index (χ2v) is 7.77. The van der Waals surface area contributed by atoms with Crippen LogP contribution in [0.4, 0.5) is 0 Å². The Balaban J connectivity index is 1.62. The molecule has 0 bridgehead atoms. The lowest BCUT2D eigenvalue weighted by Crippen LogP contribution is -2.30. The number of nitrogens with two attached hydrogens (primary N) is 2. The Morgan fingerprint density at radius 2 is 1.77 bits per heavy atom. The molecule has 1 saturated carbocycles. The van der Waals surface area contributed by atoms with Crippen LogP contribution in [0.25, 0.3) is 11.1 Å². The van der Waals surface area contributed by atoms with Gasteiger partial charge in [-0.05, 0) is 47.4 Å². The summed E-state index contributed by atoms with van der Waals surface area (Å²) in [5.41, 5.74) is 15.1. The van der Waals surface area contributed by atoms with Gasteiger partial charge in [0, 0.05) is 23.1 Å². The van der Waals surface area contributed by atoms with E-state index >= 15 is 0 Å². The van der Waals surface area contributed by atoms with Crippen LogP contribution in [0.15, 0.2) is 72.8 Å². The molecule has 0 aliphatic heterocycles. The highest BCUT2D eigenvalue weighted by atomic mass is 16.5. The maximum Gasteiger partial charge on any atom is 0.248 e. The number of hydrogen-bond acceptors (Lipinski definition) is 4. The van der Waals surface area contributed by atoms with Gasteiger partial charge in [0.25, 0.3) is 0 Å². The minimum absolute atomic E-state index is 0.174. The third-order valence-electron chi connectivity index (χ3n) is 5.46. The van der Waals surface area contributed by atoms with Crippen molar-refractivity contribution in [3.05, 3.63) is 89.5 Å². The summed E-state index contributed by atoms with van der Waals surface area (Å²) in [6.07, 6.45) is 0.943. The molecule has 1 aliphatic rings. The van der Waals surface area contributed by atoms with Crippen LogP contribution in [0.2, 0.25) is 0 Å². The zero-order valence-corrected chi connectivity index (χ0v) is 17.1. The maximum atomic E-state index is 11.7. The molecule has 3 aromatic rings. The van der Waals surface area contributed by atoms with E-state index in [0.717, 1.165) is 34.4 Å². The van der Waals surface area contributed by atoms with Gasteiger partial charge >= 0.3 is 0 Å². The van der Waals surface area contributed by atoms with E-state index in [0.29, 0.717) is 18.1 Å². The predicted octanol–water partition coefficient (Wildman–Crippen LogP) is 2.96. The molecule has 0 saturated heterocycles. The molecule has 5 N–H and O–H groups in total. The first-order valence-corrected chi connectivity index (χ1v) is 10.2. The average Bonchev–Trinajstić information content (AvgIpc) is 3.57. The normalized spacial score (nSPS) is 17.2. The first kappa shape index (κ1) is 20.6. The molecule has 0 heterocycles. The largest absolute Gasteiger partial charge is 0.488 e. The molecule has 2 amide bonds. The van der Waals surface area contributed by atoms with E-state index < -0.39 is 5.91 Å². The van der Waals surface area contributed by atoms with Crippen molar-refractivity contribution in [2.45, 2.75) is 25.0 Å². The Bertz CT molecular complexity index is 1100. The van der Waals surface area contributed by atoms with E-state index in [1.807, 2.05) is 48.5 Å². The number of benzene rings is 3. The molecule has 0 aromatic heterocycles. The number of carbonyl (C=O) groups excluding carboxylic acids is 2. The Morgan fingerprint density at radius 1 is 0.968 bits per heavy atom. The standard InChI is InChI=1S/C25H25N3O3/c26-24(29)14-28-22-13-20(22)18-9-10-23(31-15-16-5-2-1-3-6-16)21(12-18)17-7-4-8-19(11-17)25(27)30/h1-12,20,22,28H,13-15H2,(H2,26,29)(H2,27,30)/t20?,22-/m0/s1. The quantitative estimate of drug-likeness (QED) is 0.499. The molecule has 4 rings (SSSR count).